The summed E-state index contributed by atoms with van der Waals surface area (Å²) in [5.41, 5.74) is 0. The van der Waals surface area contributed by atoms with Crippen molar-refractivity contribution in [2.75, 3.05) is 27.2 Å². The molecule has 1 fully saturated rings. The van der Waals surface area contributed by atoms with E-state index in [9.17, 15) is 0 Å². The van der Waals surface area contributed by atoms with Crippen molar-refractivity contribution < 1.29 is 4.74 Å². The van der Waals surface area contributed by atoms with E-state index < -0.39 is 0 Å². The highest BCUT2D eigenvalue weighted by Crippen LogP contribution is 2.24. The third-order valence-corrected chi connectivity index (χ3v) is 3.81. The molecule has 0 spiro atoms. The van der Waals surface area contributed by atoms with Crippen LogP contribution in [-0.2, 0) is 4.74 Å². The van der Waals surface area contributed by atoms with Gasteiger partial charge in [0.25, 0.3) is 0 Å². The number of likely N-dealkylation sites (N-methyl/N-ethyl adjacent to an activating group) is 1. The Balaban J connectivity index is 1.89. The molecule has 0 saturated carbocycles. The van der Waals surface area contributed by atoms with Crippen LogP contribution in [0, 0.1) is 0 Å². The molecule has 0 aromatic rings. The van der Waals surface area contributed by atoms with E-state index in [4.69, 9.17) is 4.74 Å². The van der Waals surface area contributed by atoms with Crippen LogP contribution in [0.1, 0.15) is 26.7 Å². The van der Waals surface area contributed by atoms with Gasteiger partial charge in [0.2, 0.25) is 0 Å². The molecule has 0 aromatic heterocycles. The number of nitrogens with zero attached hydrogens (tertiary/aromatic N) is 2. The van der Waals surface area contributed by atoms with E-state index in [1.54, 1.807) is 0 Å². The largest absolute Gasteiger partial charge is 0.495 e. The Morgan fingerprint density at radius 2 is 2.17 bits per heavy atom. The van der Waals surface area contributed by atoms with Gasteiger partial charge in [-0.1, -0.05) is 12.2 Å². The molecule has 1 aliphatic heterocycles. The molecule has 0 bridgehead atoms. The molecule has 1 aliphatic carbocycles. The standard InChI is InChI=1S/C15H26N2O/c1-12(2)18-15-7-5-6-13(10-15)17-9-8-14(11-17)16(3)4/h5-7,12-14H,8-11H2,1-4H3/t13?,14-/m0/s1. The van der Waals surface area contributed by atoms with Crippen LogP contribution in [0.15, 0.2) is 24.0 Å². The maximum absolute atomic E-state index is 5.83. The number of allylic oxidation sites excluding steroid dienone is 2. The van der Waals surface area contributed by atoms with Crippen LogP contribution in [0.5, 0.6) is 0 Å². The summed E-state index contributed by atoms with van der Waals surface area (Å²) in [5, 5.41) is 0. The highest BCUT2D eigenvalue weighted by Gasteiger charge is 2.29. The minimum Gasteiger partial charge on any atom is -0.495 e. The van der Waals surface area contributed by atoms with Crippen molar-refractivity contribution in [3.63, 3.8) is 0 Å². The van der Waals surface area contributed by atoms with Crippen LogP contribution in [-0.4, -0.2) is 55.2 Å². The zero-order valence-corrected chi connectivity index (χ0v) is 12.1. The van der Waals surface area contributed by atoms with Gasteiger partial charge in [0, 0.05) is 31.6 Å². The topological polar surface area (TPSA) is 15.7 Å². The van der Waals surface area contributed by atoms with Gasteiger partial charge in [-0.3, -0.25) is 4.90 Å². The van der Waals surface area contributed by atoms with Gasteiger partial charge in [-0.15, -0.1) is 0 Å². The van der Waals surface area contributed by atoms with Crippen LogP contribution >= 0.6 is 0 Å². The fourth-order valence-electron chi connectivity index (χ4n) is 2.77. The van der Waals surface area contributed by atoms with E-state index in [0.717, 1.165) is 12.2 Å². The number of hydrogen-bond donors (Lipinski definition) is 0. The number of likely N-dealkylation sites (tertiary alicyclic amines) is 1. The molecule has 102 valence electrons. The molecule has 3 nitrogen and oxygen atoms in total. The Bertz CT molecular complexity index is 333. The molecule has 0 amide bonds. The van der Waals surface area contributed by atoms with Crippen LogP contribution in [0.4, 0.5) is 0 Å². The molecule has 0 radical (unpaired) electrons. The quantitative estimate of drug-likeness (QED) is 0.761. The zero-order chi connectivity index (χ0) is 13.1. The number of hydrogen-bond acceptors (Lipinski definition) is 3. The van der Waals surface area contributed by atoms with Crippen LogP contribution in [0.25, 0.3) is 0 Å². The predicted molar refractivity (Wildman–Crippen MR) is 75.5 cm³/mol. The first-order chi connectivity index (χ1) is 8.56. The maximum Gasteiger partial charge on any atom is 0.0982 e. The van der Waals surface area contributed by atoms with Gasteiger partial charge in [-0.2, -0.15) is 0 Å². The van der Waals surface area contributed by atoms with Gasteiger partial charge < -0.3 is 9.64 Å². The minimum absolute atomic E-state index is 0.275. The van der Waals surface area contributed by atoms with Crippen LogP contribution < -0.4 is 0 Å². The summed E-state index contributed by atoms with van der Waals surface area (Å²) in [6.45, 7) is 6.56. The van der Waals surface area contributed by atoms with Crippen molar-refractivity contribution in [3.8, 4) is 0 Å². The molecule has 2 atom stereocenters. The highest BCUT2D eigenvalue weighted by atomic mass is 16.5. The average Bonchev–Trinajstić information content (AvgIpc) is 2.77. The molecular formula is C15H26N2O. The van der Waals surface area contributed by atoms with Crippen LogP contribution in [0.2, 0.25) is 0 Å². The Morgan fingerprint density at radius 1 is 1.39 bits per heavy atom. The Morgan fingerprint density at radius 3 is 2.78 bits per heavy atom. The lowest BCUT2D eigenvalue weighted by Gasteiger charge is -2.29. The summed E-state index contributed by atoms with van der Waals surface area (Å²) in [4.78, 5) is 4.92. The SMILES string of the molecule is CC(C)OC1=CC=CC(N2CC[C@H](N(C)C)C2)C1. The lowest BCUT2D eigenvalue weighted by Crippen LogP contribution is -2.37. The molecule has 2 rings (SSSR count). The van der Waals surface area contributed by atoms with Crippen molar-refractivity contribution in [3.05, 3.63) is 24.0 Å². The fourth-order valence-corrected chi connectivity index (χ4v) is 2.77. The first kappa shape index (κ1) is 13.6. The molecule has 1 unspecified atom stereocenters. The van der Waals surface area contributed by atoms with Crippen molar-refractivity contribution in [1.29, 1.82) is 0 Å². The van der Waals surface area contributed by atoms with E-state index in [1.807, 2.05) is 0 Å². The maximum atomic E-state index is 5.83. The summed E-state index contributed by atoms with van der Waals surface area (Å²) in [6.07, 6.45) is 9.14. The van der Waals surface area contributed by atoms with Gasteiger partial charge in [0.15, 0.2) is 0 Å². The van der Waals surface area contributed by atoms with E-state index in [2.05, 4.69) is 56.0 Å². The van der Waals surface area contributed by atoms with Gasteiger partial charge in [-0.05, 0) is 40.4 Å². The van der Waals surface area contributed by atoms with Crippen molar-refractivity contribution in [2.24, 2.45) is 0 Å². The van der Waals surface area contributed by atoms with E-state index >= 15 is 0 Å². The monoisotopic (exact) mass is 250 g/mol. The molecule has 18 heavy (non-hydrogen) atoms. The van der Waals surface area contributed by atoms with Gasteiger partial charge in [0.05, 0.1) is 11.9 Å². The number of ether oxygens (including phenoxy) is 1. The lowest BCUT2D eigenvalue weighted by atomic mass is 10.1. The minimum atomic E-state index is 0.275. The van der Waals surface area contributed by atoms with E-state index in [-0.39, 0.29) is 6.10 Å². The molecule has 1 saturated heterocycles. The highest BCUT2D eigenvalue weighted by molar-refractivity contribution is 5.19. The smallest absolute Gasteiger partial charge is 0.0982 e. The summed E-state index contributed by atoms with van der Waals surface area (Å²) < 4.78 is 5.83. The van der Waals surface area contributed by atoms with Gasteiger partial charge in [-0.25, -0.2) is 0 Å². The molecule has 0 aromatic carbocycles. The summed E-state index contributed by atoms with van der Waals surface area (Å²) in [6, 6.07) is 1.23. The third kappa shape index (κ3) is 3.36. The average molecular weight is 250 g/mol. The normalized spacial score (nSPS) is 29.1. The zero-order valence-electron chi connectivity index (χ0n) is 12.1. The first-order valence-corrected chi connectivity index (χ1v) is 7.00. The van der Waals surface area contributed by atoms with E-state index in [0.29, 0.717) is 12.1 Å². The van der Waals surface area contributed by atoms with Gasteiger partial charge >= 0.3 is 0 Å². The van der Waals surface area contributed by atoms with Crippen molar-refractivity contribution in [1.82, 2.24) is 9.80 Å². The third-order valence-electron chi connectivity index (χ3n) is 3.81. The predicted octanol–water partition coefficient (Wildman–Crippen LogP) is 2.26. The van der Waals surface area contributed by atoms with Crippen molar-refractivity contribution >= 4 is 0 Å². The molecule has 2 aliphatic rings. The molecular weight excluding hydrogens is 224 g/mol. The van der Waals surface area contributed by atoms with Crippen LogP contribution in [0.3, 0.4) is 0 Å². The summed E-state index contributed by atoms with van der Waals surface area (Å²) in [7, 11) is 4.36. The lowest BCUT2D eigenvalue weighted by molar-refractivity contribution is 0.124. The van der Waals surface area contributed by atoms with E-state index in [1.165, 1.54) is 19.5 Å². The van der Waals surface area contributed by atoms with Gasteiger partial charge in [0.1, 0.15) is 0 Å². The van der Waals surface area contributed by atoms with Crippen molar-refractivity contribution in [2.45, 2.75) is 44.9 Å². The molecule has 1 heterocycles. The second-order valence-corrected chi connectivity index (χ2v) is 5.86. The Labute approximate surface area is 111 Å². The second kappa shape index (κ2) is 5.89. The summed E-state index contributed by atoms with van der Waals surface area (Å²) >= 11 is 0. The second-order valence-electron chi connectivity index (χ2n) is 5.86. The summed E-state index contributed by atoms with van der Waals surface area (Å²) in [5.74, 6) is 1.13. The molecule has 3 heteroatoms. The number of rotatable bonds is 4. The fraction of sp³-hybridized carbons (Fsp3) is 0.733. The Hall–Kier alpha value is -0.800. The first-order valence-electron chi connectivity index (χ1n) is 7.00. The molecule has 0 N–H and O–H groups in total. The Kier molecular flexibility index (Phi) is 4.46.